The molecule has 9 nitrogen and oxygen atoms in total. The number of sulfonamides is 1. The molecule has 0 aliphatic carbocycles. The molecule has 0 amide bonds. The highest BCUT2D eigenvalue weighted by Gasteiger charge is 2.31. The van der Waals surface area contributed by atoms with E-state index in [1.54, 1.807) is 16.8 Å². The Morgan fingerprint density at radius 2 is 1.79 bits per heavy atom. The van der Waals surface area contributed by atoms with Gasteiger partial charge in [0.1, 0.15) is 5.82 Å². The van der Waals surface area contributed by atoms with E-state index in [-0.39, 0.29) is 16.5 Å². The first-order valence-corrected chi connectivity index (χ1v) is 10.9. The van der Waals surface area contributed by atoms with Crippen molar-refractivity contribution < 1.29 is 8.42 Å². The van der Waals surface area contributed by atoms with Gasteiger partial charge in [0.25, 0.3) is 15.6 Å². The van der Waals surface area contributed by atoms with E-state index in [2.05, 4.69) is 15.0 Å². The first-order valence-electron chi connectivity index (χ1n) is 9.49. The zero-order valence-electron chi connectivity index (χ0n) is 16.9. The Morgan fingerprint density at radius 1 is 1.11 bits per heavy atom. The largest absolute Gasteiger partial charge is 0.336 e. The van der Waals surface area contributed by atoms with E-state index in [1.807, 2.05) is 27.8 Å². The highest BCUT2D eigenvalue weighted by atomic mass is 32.2. The van der Waals surface area contributed by atoms with Gasteiger partial charge in [-0.1, -0.05) is 13.8 Å². The minimum Gasteiger partial charge on any atom is -0.336 e. The molecule has 1 aliphatic rings. The number of hydrogen-bond donors (Lipinski definition) is 0. The predicted octanol–water partition coefficient (Wildman–Crippen LogP) is 0.415. The molecule has 0 radical (unpaired) electrons. The minimum atomic E-state index is -3.59. The van der Waals surface area contributed by atoms with Crippen LogP contribution in [0.2, 0.25) is 0 Å². The molecular weight excluding hydrogens is 380 g/mol. The van der Waals surface area contributed by atoms with Gasteiger partial charge in [0.2, 0.25) is 0 Å². The summed E-state index contributed by atoms with van der Waals surface area (Å²) < 4.78 is 30.6. The second-order valence-corrected chi connectivity index (χ2v) is 9.37. The summed E-state index contributed by atoms with van der Waals surface area (Å²) in [7, 11) is -1.77. The van der Waals surface area contributed by atoms with E-state index in [0.717, 1.165) is 11.5 Å². The van der Waals surface area contributed by atoms with Gasteiger partial charge in [-0.15, -0.1) is 0 Å². The van der Waals surface area contributed by atoms with Gasteiger partial charge in [0.15, 0.2) is 5.03 Å². The monoisotopic (exact) mass is 408 g/mol. The molecule has 0 N–H and O–H groups in total. The average Bonchev–Trinajstić information content (AvgIpc) is 3.06. The van der Waals surface area contributed by atoms with Crippen LogP contribution in [0.15, 0.2) is 28.2 Å². The van der Waals surface area contributed by atoms with Crippen molar-refractivity contribution in [2.45, 2.75) is 38.3 Å². The molecule has 0 spiro atoms. The van der Waals surface area contributed by atoms with Gasteiger partial charge in [-0.3, -0.25) is 9.69 Å². The van der Waals surface area contributed by atoms with Crippen LogP contribution in [0.5, 0.6) is 0 Å². The second-order valence-electron chi connectivity index (χ2n) is 7.48. The molecule has 0 aromatic carbocycles. The lowest BCUT2D eigenvalue weighted by molar-refractivity contribution is 0.180. The van der Waals surface area contributed by atoms with Crippen LogP contribution < -0.4 is 5.56 Å². The Labute approximate surface area is 165 Å². The molecule has 3 heterocycles. The van der Waals surface area contributed by atoms with E-state index < -0.39 is 10.0 Å². The Kier molecular flexibility index (Phi) is 6.01. The maximum Gasteiger partial charge on any atom is 0.266 e. The van der Waals surface area contributed by atoms with Crippen molar-refractivity contribution >= 4 is 10.0 Å². The molecule has 3 rings (SSSR count). The predicted molar refractivity (Wildman–Crippen MR) is 106 cm³/mol. The average molecular weight is 409 g/mol. The summed E-state index contributed by atoms with van der Waals surface area (Å²) in [6.07, 6.45) is 1.59. The standard InChI is InChI=1S/C18H28N6O3S/c1-14(2)18-19-16(13-21(18)4)28(26,27)23-10-7-22(8-11-23)9-12-24-17(25)6-5-15(3)20-24/h5-6,13-14H,7-12H2,1-4H3. The maximum atomic E-state index is 12.9. The van der Waals surface area contributed by atoms with Crippen molar-refractivity contribution in [2.75, 3.05) is 32.7 Å². The fourth-order valence-electron chi connectivity index (χ4n) is 3.39. The smallest absolute Gasteiger partial charge is 0.266 e. The van der Waals surface area contributed by atoms with E-state index >= 15 is 0 Å². The fourth-order valence-corrected chi connectivity index (χ4v) is 4.79. The number of aromatic nitrogens is 4. The minimum absolute atomic E-state index is 0.114. The lowest BCUT2D eigenvalue weighted by Crippen LogP contribution is -2.49. The Balaban J connectivity index is 1.61. The first-order chi connectivity index (χ1) is 13.2. The van der Waals surface area contributed by atoms with Crippen LogP contribution in [0.25, 0.3) is 0 Å². The molecule has 0 bridgehead atoms. The first kappa shape index (κ1) is 20.7. The number of piperazine rings is 1. The Morgan fingerprint density at radius 3 is 2.39 bits per heavy atom. The van der Waals surface area contributed by atoms with E-state index in [0.29, 0.717) is 39.3 Å². The van der Waals surface area contributed by atoms with Crippen molar-refractivity contribution in [1.82, 2.24) is 28.5 Å². The highest BCUT2D eigenvalue weighted by molar-refractivity contribution is 7.89. The molecule has 1 aliphatic heterocycles. The molecule has 2 aromatic rings. The second kappa shape index (κ2) is 8.14. The van der Waals surface area contributed by atoms with Gasteiger partial charge in [0.05, 0.1) is 12.2 Å². The van der Waals surface area contributed by atoms with Crippen LogP contribution in [0.4, 0.5) is 0 Å². The van der Waals surface area contributed by atoms with Gasteiger partial charge in [-0.05, 0) is 13.0 Å². The summed E-state index contributed by atoms with van der Waals surface area (Å²) in [6, 6.07) is 3.22. The SMILES string of the molecule is Cc1ccc(=O)n(CCN2CCN(S(=O)(=O)c3cn(C)c(C(C)C)n3)CC2)n1. The number of aryl methyl sites for hydroxylation is 2. The third kappa shape index (κ3) is 4.34. The van der Waals surface area contributed by atoms with Crippen LogP contribution in [0.1, 0.15) is 31.3 Å². The third-order valence-electron chi connectivity index (χ3n) is 4.97. The van der Waals surface area contributed by atoms with Gasteiger partial charge in [-0.25, -0.2) is 18.1 Å². The van der Waals surface area contributed by atoms with E-state index in [1.165, 1.54) is 15.1 Å². The summed E-state index contributed by atoms with van der Waals surface area (Å²) >= 11 is 0. The van der Waals surface area contributed by atoms with Gasteiger partial charge < -0.3 is 4.57 Å². The molecule has 1 fully saturated rings. The highest BCUT2D eigenvalue weighted by Crippen LogP contribution is 2.20. The summed E-state index contributed by atoms with van der Waals surface area (Å²) in [6.45, 7) is 9.03. The molecule has 0 atom stereocenters. The number of nitrogens with zero attached hydrogens (tertiary/aromatic N) is 6. The van der Waals surface area contributed by atoms with Crippen molar-refractivity contribution in [2.24, 2.45) is 7.05 Å². The van der Waals surface area contributed by atoms with Crippen molar-refractivity contribution in [3.8, 4) is 0 Å². The normalized spacial score (nSPS) is 16.8. The van der Waals surface area contributed by atoms with Gasteiger partial charge >= 0.3 is 0 Å². The van der Waals surface area contributed by atoms with Crippen LogP contribution in [-0.2, 0) is 23.6 Å². The zero-order chi connectivity index (χ0) is 20.5. The Bertz CT molecular complexity index is 987. The molecule has 28 heavy (non-hydrogen) atoms. The van der Waals surface area contributed by atoms with Crippen LogP contribution in [0, 0.1) is 6.92 Å². The molecule has 10 heteroatoms. The number of hydrogen-bond acceptors (Lipinski definition) is 6. The number of imidazole rings is 1. The van der Waals surface area contributed by atoms with Crippen LogP contribution in [-0.4, -0.2) is 69.7 Å². The fraction of sp³-hybridized carbons (Fsp3) is 0.611. The van der Waals surface area contributed by atoms with Crippen LogP contribution >= 0.6 is 0 Å². The zero-order valence-corrected chi connectivity index (χ0v) is 17.7. The van der Waals surface area contributed by atoms with Gasteiger partial charge in [-0.2, -0.15) is 9.40 Å². The summed E-state index contributed by atoms with van der Waals surface area (Å²) in [5.41, 5.74) is 0.676. The molecule has 154 valence electrons. The van der Waals surface area contributed by atoms with Crippen molar-refractivity contribution in [3.63, 3.8) is 0 Å². The van der Waals surface area contributed by atoms with Gasteiger partial charge in [0, 0.05) is 58.0 Å². The quantitative estimate of drug-likeness (QED) is 0.688. The molecule has 0 unspecified atom stereocenters. The Hall–Kier alpha value is -2.04. The molecule has 1 saturated heterocycles. The molecular formula is C18H28N6O3S. The lowest BCUT2D eigenvalue weighted by Gasteiger charge is -2.33. The van der Waals surface area contributed by atoms with Crippen molar-refractivity contribution in [1.29, 1.82) is 0 Å². The summed E-state index contributed by atoms with van der Waals surface area (Å²) in [5, 5.41) is 4.35. The van der Waals surface area contributed by atoms with Crippen LogP contribution in [0.3, 0.4) is 0 Å². The summed E-state index contributed by atoms with van der Waals surface area (Å²) in [4.78, 5) is 18.3. The van der Waals surface area contributed by atoms with E-state index in [9.17, 15) is 13.2 Å². The van der Waals surface area contributed by atoms with Crippen molar-refractivity contribution in [3.05, 3.63) is 40.2 Å². The maximum absolute atomic E-state index is 12.9. The summed E-state index contributed by atoms with van der Waals surface area (Å²) in [5.74, 6) is 0.915. The van der Waals surface area contributed by atoms with E-state index in [4.69, 9.17) is 0 Å². The molecule has 0 saturated carbocycles. The third-order valence-corrected chi connectivity index (χ3v) is 6.74. The topological polar surface area (TPSA) is 93.3 Å². The lowest BCUT2D eigenvalue weighted by atomic mass is 10.2. The molecule has 2 aromatic heterocycles. The number of rotatable bonds is 6.